The van der Waals surface area contributed by atoms with Crippen molar-refractivity contribution < 1.29 is 47.7 Å². The summed E-state index contributed by atoms with van der Waals surface area (Å²) in [7, 11) is -0.852. The monoisotopic (exact) mass is 592 g/mol. The lowest BCUT2D eigenvalue weighted by Crippen LogP contribution is -2.77. The molecule has 2 saturated carbocycles. The topological polar surface area (TPSA) is 209 Å². The van der Waals surface area contributed by atoms with Crippen LogP contribution in [-0.4, -0.2) is 95.8 Å². The molecule has 1 aromatic carbocycles. The first-order chi connectivity index (χ1) is 18.6. The zero-order chi connectivity index (χ0) is 31.3. The van der Waals surface area contributed by atoms with Crippen LogP contribution in [0.3, 0.4) is 0 Å². The average Bonchev–Trinajstić information content (AvgIpc) is 2.80. The Hall–Kier alpha value is -3.00. The summed E-state index contributed by atoms with van der Waals surface area (Å²) in [5.74, 6) is -15.1. The lowest BCUT2D eigenvalue weighted by Gasteiger charge is -2.56. The van der Waals surface area contributed by atoms with Gasteiger partial charge in [-0.1, -0.05) is 33.8 Å². The maximum Gasteiger partial charge on any atom is 0.235 e. The smallest absolute Gasteiger partial charge is 0.235 e. The number of phenols is 1. The van der Waals surface area contributed by atoms with Crippen molar-refractivity contribution in [3.05, 3.63) is 28.3 Å². The number of hydrogen-bond acceptors (Lipinski definition) is 11. The van der Waals surface area contributed by atoms with Gasteiger partial charge in [0.1, 0.15) is 5.75 Å². The number of fused-ring (bicyclic) bond motifs is 3. The van der Waals surface area contributed by atoms with E-state index in [1.165, 1.54) is 25.1 Å². The van der Waals surface area contributed by atoms with E-state index in [0.29, 0.717) is 0 Å². The molecule has 0 bridgehead atoms. The summed E-state index contributed by atoms with van der Waals surface area (Å²) < 4.78 is 24.8. The summed E-state index contributed by atoms with van der Waals surface area (Å²) in [6.45, 7) is 6.77. The normalized spacial score (nSPS) is 33.9. The maximum atomic E-state index is 14.2. The Balaban J connectivity index is 2.04. The van der Waals surface area contributed by atoms with Gasteiger partial charge in [-0.25, -0.2) is 8.42 Å². The molecule has 8 atom stereocenters. The fourth-order valence-corrected chi connectivity index (χ4v) is 8.02. The van der Waals surface area contributed by atoms with E-state index in [9.17, 15) is 47.7 Å². The van der Waals surface area contributed by atoms with Crippen LogP contribution in [0.5, 0.6) is 5.75 Å². The van der Waals surface area contributed by atoms with E-state index < -0.39 is 103 Å². The molecular formula is C28H36N2O10S. The highest BCUT2D eigenvalue weighted by Gasteiger charge is 2.73. The van der Waals surface area contributed by atoms with Crippen LogP contribution in [0.1, 0.15) is 60.7 Å². The third-order valence-corrected chi connectivity index (χ3v) is 9.73. The molecule has 0 saturated heterocycles. The van der Waals surface area contributed by atoms with E-state index >= 15 is 0 Å². The number of aliphatic hydroxyl groups is 2. The number of primary amides is 1. The lowest BCUT2D eigenvalue weighted by molar-refractivity contribution is -0.196. The van der Waals surface area contributed by atoms with Gasteiger partial charge in [0, 0.05) is 17.7 Å². The minimum Gasteiger partial charge on any atom is -0.507 e. The van der Waals surface area contributed by atoms with Gasteiger partial charge in [0.15, 0.2) is 44.5 Å². The number of amides is 1. The zero-order valence-electron chi connectivity index (χ0n) is 24.0. The number of ketones is 4. The van der Waals surface area contributed by atoms with Crippen molar-refractivity contribution in [2.75, 3.05) is 20.4 Å². The quantitative estimate of drug-likeness (QED) is 0.319. The first-order valence-corrected chi connectivity index (χ1v) is 15.2. The van der Waals surface area contributed by atoms with Gasteiger partial charge in [0.2, 0.25) is 5.91 Å². The van der Waals surface area contributed by atoms with Gasteiger partial charge < -0.3 is 21.1 Å². The van der Waals surface area contributed by atoms with E-state index in [2.05, 4.69) is 0 Å². The SMILES string of the molecule is C[C@H]1c2c(CS(C)(=O)=O)cc(C(C)(C)C)c(O)c2C(=O)C2C(=O)[C@]3(O)C(=O)C(C(N)=O)C(=O)[C@@H](N(C)C)[C@@H]3[C@@H](O)[C@@H]21. The van der Waals surface area contributed by atoms with E-state index in [4.69, 9.17) is 5.73 Å². The molecule has 0 aliphatic heterocycles. The van der Waals surface area contributed by atoms with Crippen molar-refractivity contribution in [3.63, 3.8) is 0 Å². The van der Waals surface area contributed by atoms with Crippen LogP contribution in [0.2, 0.25) is 0 Å². The Bertz CT molecular complexity index is 1510. The number of nitrogens with zero attached hydrogens (tertiary/aromatic N) is 1. The van der Waals surface area contributed by atoms with Crippen molar-refractivity contribution >= 4 is 38.9 Å². The van der Waals surface area contributed by atoms with Crippen LogP contribution in [-0.2, 0) is 40.2 Å². The second-order valence-corrected chi connectivity index (χ2v) is 15.0. The number of sulfone groups is 1. The van der Waals surface area contributed by atoms with Crippen molar-refractivity contribution in [1.82, 2.24) is 4.90 Å². The molecule has 0 heterocycles. The molecule has 3 aliphatic carbocycles. The van der Waals surface area contributed by atoms with Crippen molar-refractivity contribution in [1.29, 1.82) is 0 Å². The van der Waals surface area contributed by atoms with Crippen molar-refractivity contribution in [3.8, 4) is 5.75 Å². The predicted molar refractivity (Wildman–Crippen MR) is 145 cm³/mol. The van der Waals surface area contributed by atoms with Crippen LogP contribution in [0, 0.1) is 23.7 Å². The molecule has 3 aliphatic rings. The van der Waals surface area contributed by atoms with Gasteiger partial charge in [0.25, 0.3) is 0 Å². The number of phenolic OH excluding ortho intramolecular Hbond substituents is 1. The molecule has 0 aromatic heterocycles. The van der Waals surface area contributed by atoms with Crippen molar-refractivity contribution in [2.24, 2.45) is 29.4 Å². The Kier molecular flexibility index (Phi) is 7.18. The number of carbonyl (C=O) groups is 5. The molecule has 12 nitrogen and oxygen atoms in total. The third-order valence-electron chi connectivity index (χ3n) is 8.90. The largest absolute Gasteiger partial charge is 0.507 e. The second-order valence-electron chi connectivity index (χ2n) is 12.9. The number of nitrogens with two attached hydrogens (primary N) is 1. The average molecular weight is 593 g/mol. The standard InChI is InChI=1S/C28H36N2O10S/c1-10-13-11(9-41(7,39)40)8-12(27(2,3)4)20(31)15(13)21(32)16-14(10)22(33)18-19(30(5)6)23(34)17(26(29)37)25(36)28(18,38)24(16)35/h8,10,14,16-19,22,31,33,38H,9H2,1-7H3,(H2,29,37)/t10-,14+,16?,17?,18+,19-,22-,28-/m0/s1. The fraction of sp³-hybridized carbons (Fsp3) is 0.607. The number of hydrogen-bond donors (Lipinski definition) is 4. The van der Waals surface area contributed by atoms with E-state index in [1.807, 2.05) is 0 Å². The Morgan fingerprint density at radius 3 is 2.15 bits per heavy atom. The molecule has 4 rings (SSSR count). The van der Waals surface area contributed by atoms with E-state index in [0.717, 1.165) is 6.26 Å². The number of aliphatic hydroxyl groups excluding tert-OH is 1. The summed E-state index contributed by atoms with van der Waals surface area (Å²) in [6.07, 6.45) is -0.796. The number of likely N-dealkylation sites (N-methyl/N-ethyl adjacent to an activating group) is 1. The number of carbonyl (C=O) groups excluding carboxylic acids is 5. The van der Waals surface area contributed by atoms with Crippen LogP contribution in [0.4, 0.5) is 0 Å². The van der Waals surface area contributed by atoms with Gasteiger partial charge in [-0.15, -0.1) is 0 Å². The molecule has 2 unspecified atom stereocenters. The molecule has 224 valence electrons. The van der Waals surface area contributed by atoms with Crippen LogP contribution in [0.15, 0.2) is 6.07 Å². The molecule has 1 aromatic rings. The van der Waals surface area contributed by atoms with Gasteiger partial charge in [-0.2, -0.15) is 0 Å². The van der Waals surface area contributed by atoms with E-state index in [1.54, 1.807) is 27.7 Å². The highest BCUT2D eigenvalue weighted by Crippen LogP contribution is 2.56. The van der Waals surface area contributed by atoms with Crippen LogP contribution >= 0.6 is 0 Å². The highest BCUT2D eigenvalue weighted by molar-refractivity contribution is 7.89. The minimum atomic E-state index is -3.66. The fourth-order valence-electron chi connectivity index (χ4n) is 7.22. The molecule has 0 radical (unpaired) electrons. The molecule has 5 N–H and O–H groups in total. The summed E-state index contributed by atoms with van der Waals surface area (Å²) in [6, 6.07) is 0.00595. The van der Waals surface area contributed by atoms with Crippen LogP contribution in [0.25, 0.3) is 0 Å². The number of Topliss-reactive ketones (excluding diaryl/α,β-unsaturated/α-hetero) is 4. The summed E-state index contributed by atoms with van der Waals surface area (Å²) in [5.41, 5.74) is 1.72. The zero-order valence-corrected chi connectivity index (χ0v) is 24.8. The summed E-state index contributed by atoms with van der Waals surface area (Å²) in [4.78, 5) is 68.5. The van der Waals surface area contributed by atoms with Crippen LogP contribution < -0.4 is 5.73 Å². The molecule has 13 heteroatoms. The minimum absolute atomic E-state index is 0.134. The summed E-state index contributed by atoms with van der Waals surface area (Å²) in [5, 5.41) is 34.9. The maximum absolute atomic E-state index is 14.2. The Morgan fingerprint density at radius 1 is 1.12 bits per heavy atom. The molecule has 41 heavy (non-hydrogen) atoms. The molecule has 1 amide bonds. The molecule has 0 spiro atoms. The first kappa shape index (κ1) is 30.9. The highest BCUT2D eigenvalue weighted by atomic mass is 32.2. The third kappa shape index (κ3) is 4.36. The van der Waals surface area contributed by atoms with Gasteiger partial charge >= 0.3 is 0 Å². The Labute approximate surface area is 237 Å². The van der Waals surface area contributed by atoms with Crippen molar-refractivity contribution in [2.45, 2.75) is 62.5 Å². The van der Waals surface area contributed by atoms with Gasteiger partial charge in [-0.05, 0) is 36.6 Å². The molecule has 2 fully saturated rings. The van der Waals surface area contributed by atoms with Gasteiger partial charge in [-0.3, -0.25) is 28.9 Å². The number of rotatable bonds is 4. The Morgan fingerprint density at radius 2 is 1.68 bits per heavy atom. The number of aromatic hydroxyl groups is 1. The summed E-state index contributed by atoms with van der Waals surface area (Å²) >= 11 is 0. The van der Waals surface area contributed by atoms with Gasteiger partial charge in [0.05, 0.1) is 35.3 Å². The first-order valence-electron chi connectivity index (χ1n) is 13.2. The number of benzene rings is 1. The predicted octanol–water partition coefficient (Wildman–Crippen LogP) is -0.759. The second kappa shape index (κ2) is 9.51. The lowest BCUT2D eigenvalue weighted by atomic mass is 9.49. The molecular weight excluding hydrogens is 556 g/mol. The van der Waals surface area contributed by atoms with E-state index in [-0.39, 0.29) is 22.3 Å².